The molecule has 2 aliphatic carbocycles. The summed E-state index contributed by atoms with van der Waals surface area (Å²) in [7, 11) is 1.56. The molecule has 2 rings (SSSR count). The predicted octanol–water partition coefficient (Wildman–Crippen LogP) is 0.477. The summed E-state index contributed by atoms with van der Waals surface area (Å²) in [4.78, 5) is 23.8. The Morgan fingerprint density at radius 2 is 1.54 bits per heavy atom. The molecule has 2 aliphatic rings. The van der Waals surface area contributed by atoms with E-state index in [9.17, 15) is 9.59 Å². The van der Waals surface area contributed by atoms with Crippen LogP contribution in [0.4, 0.5) is 0 Å². The van der Waals surface area contributed by atoms with E-state index >= 15 is 0 Å². The molecular formula is C17H30N2O5. The zero-order chi connectivity index (χ0) is 17.4. The molecule has 2 saturated carbocycles. The van der Waals surface area contributed by atoms with Crippen LogP contribution < -0.4 is 10.6 Å². The van der Waals surface area contributed by atoms with Crippen LogP contribution in [0.5, 0.6) is 0 Å². The summed E-state index contributed by atoms with van der Waals surface area (Å²) in [6.07, 6.45) is 4.78. The highest BCUT2D eigenvalue weighted by atomic mass is 16.5. The standard InChI is InChI=1S/C17H30N2O5/c1-17(12-22-2,19-16(21)10-24-8-14-5-6-14)11-18-15(20)9-23-7-13-3-4-13/h13-14H,3-12H2,1-2H3,(H,18,20)(H,19,21)/t17-/m0/s1. The number of methoxy groups -OCH3 is 1. The molecular weight excluding hydrogens is 312 g/mol. The highest BCUT2D eigenvalue weighted by Crippen LogP contribution is 2.29. The Balaban J connectivity index is 1.64. The predicted molar refractivity (Wildman–Crippen MR) is 88.5 cm³/mol. The van der Waals surface area contributed by atoms with Crippen molar-refractivity contribution in [3.63, 3.8) is 0 Å². The molecule has 0 spiro atoms. The summed E-state index contributed by atoms with van der Waals surface area (Å²) in [6.45, 7) is 3.79. The molecule has 0 saturated heterocycles. The molecule has 1 atom stereocenters. The number of hydrogen-bond acceptors (Lipinski definition) is 5. The third kappa shape index (κ3) is 8.08. The van der Waals surface area contributed by atoms with Gasteiger partial charge in [-0.1, -0.05) is 0 Å². The Labute approximate surface area is 143 Å². The SMILES string of the molecule is COC[C@](C)(CNC(=O)COCC1CC1)NC(=O)COCC1CC1. The first kappa shape index (κ1) is 19.1. The lowest BCUT2D eigenvalue weighted by atomic mass is 10.0. The topological polar surface area (TPSA) is 85.9 Å². The summed E-state index contributed by atoms with van der Waals surface area (Å²) in [5.41, 5.74) is -0.680. The van der Waals surface area contributed by atoms with E-state index in [1.54, 1.807) is 7.11 Å². The van der Waals surface area contributed by atoms with E-state index in [0.717, 1.165) is 0 Å². The van der Waals surface area contributed by atoms with Gasteiger partial charge in [0.1, 0.15) is 13.2 Å². The third-order valence-electron chi connectivity index (χ3n) is 4.15. The van der Waals surface area contributed by atoms with Crippen molar-refractivity contribution in [2.45, 2.75) is 38.1 Å². The molecule has 0 radical (unpaired) electrons. The summed E-state index contributed by atoms with van der Waals surface area (Å²) in [6, 6.07) is 0. The van der Waals surface area contributed by atoms with Crippen molar-refractivity contribution >= 4 is 11.8 Å². The Hall–Kier alpha value is -1.18. The molecule has 2 fully saturated rings. The van der Waals surface area contributed by atoms with Crippen LogP contribution in [0.25, 0.3) is 0 Å². The van der Waals surface area contributed by atoms with Gasteiger partial charge in [-0.05, 0) is 44.4 Å². The largest absolute Gasteiger partial charge is 0.382 e. The van der Waals surface area contributed by atoms with Gasteiger partial charge in [-0.25, -0.2) is 0 Å². The van der Waals surface area contributed by atoms with Crippen LogP contribution >= 0.6 is 0 Å². The van der Waals surface area contributed by atoms with Crippen LogP contribution in [-0.2, 0) is 23.8 Å². The minimum absolute atomic E-state index is 0.0360. The lowest BCUT2D eigenvalue weighted by Gasteiger charge is -2.30. The maximum Gasteiger partial charge on any atom is 0.246 e. The molecule has 24 heavy (non-hydrogen) atoms. The zero-order valence-electron chi connectivity index (χ0n) is 14.8. The van der Waals surface area contributed by atoms with Crippen molar-refractivity contribution in [2.24, 2.45) is 11.8 Å². The monoisotopic (exact) mass is 342 g/mol. The number of carbonyl (C=O) groups is 2. The van der Waals surface area contributed by atoms with Crippen LogP contribution in [0.1, 0.15) is 32.6 Å². The van der Waals surface area contributed by atoms with Gasteiger partial charge < -0.3 is 24.8 Å². The van der Waals surface area contributed by atoms with Crippen LogP contribution in [0.3, 0.4) is 0 Å². The molecule has 7 heteroatoms. The second-order valence-electron chi connectivity index (χ2n) is 7.24. The molecule has 0 aromatic rings. The quantitative estimate of drug-likeness (QED) is 0.508. The first-order chi connectivity index (χ1) is 11.5. The third-order valence-corrected chi connectivity index (χ3v) is 4.15. The highest BCUT2D eigenvalue weighted by molar-refractivity contribution is 5.79. The minimum atomic E-state index is -0.680. The second kappa shape index (κ2) is 9.34. The van der Waals surface area contributed by atoms with Gasteiger partial charge in [0.25, 0.3) is 0 Å². The number of ether oxygens (including phenoxy) is 3. The van der Waals surface area contributed by atoms with Crippen molar-refractivity contribution in [1.29, 1.82) is 0 Å². The molecule has 138 valence electrons. The van der Waals surface area contributed by atoms with Crippen molar-refractivity contribution < 1.29 is 23.8 Å². The maximum absolute atomic E-state index is 12.0. The Morgan fingerprint density at radius 3 is 2.04 bits per heavy atom. The maximum atomic E-state index is 12.0. The van der Waals surface area contributed by atoms with Gasteiger partial charge in [-0.2, -0.15) is 0 Å². The van der Waals surface area contributed by atoms with Gasteiger partial charge in [0.15, 0.2) is 0 Å². The first-order valence-corrected chi connectivity index (χ1v) is 8.73. The molecule has 0 bridgehead atoms. The summed E-state index contributed by atoms with van der Waals surface area (Å²) in [5, 5.41) is 5.68. The van der Waals surface area contributed by atoms with Gasteiger partial charge >= 0.3 is 0 Å². The van der Waals surface area contributed by atoms with E-state index in [-0.39, 0.29) is 31.6 Å². The van der Waals surface area contributed by atoms with E-state index in [2.05, 4.69) is 10.6 Å². The zero-order valence-corrected chi connectivity index (χ0v) is 14.8. The summed E-state index contributed by atoms with van der Waals surface area (Å²) in [5.74, 6) is 0.871. The summed E-state index contributed by atoms with van der Waals surface area (Å²) < 4.78 is 15.9. The number of amides is 2. The lowest BCUT2D eigenvalue weighted by Crippen LogP contribution is -2.57. The Kier molecular flexibility index (Phi) is 7.45. The van der Waals surface area contributed by atoms with E-state index in [0.29, 0.717) is 31.7 Å². The van der Waals surface area contributed by atoms with Gasteiger partial charge in [-0.3, -0.25) is 9.59 Å². The molecule has 0 aliphatic heterocycles. The normalized spacial score (nSPS) is 19.6. The molecule has 2 N–H and O–H groups in total. The Bertz CT molecular complexity index is 423. The smallest absolute Gasteiger partial charge is 0.246 e. The lowest BCUT2D eigenvalue weighted by molar-refractivity contribution is -0.130. The number of hydrogen-bond donors (Lipinski definition) is 2. The van der Waals surface area contributed by atoms with E-state index in [1.165, 1.54) is 25.7 Å². The van der Waals surface area contributed by atoms with Crippen LogP contribution in [-0.4, -0.2) is 64.0 Å². The van der Waals surface area contributed by atoms with E-state index in [1.807, 2.05) is 6.92 Å². The molecule has 7 nitrogen and oxygen atoms in total. The average molecular weight is 342 g/mol. The average Bonchev–Trinajstić information content (AvgIpc) is 3.40. The van der Waals surface area contributed by atoms with Crippen molar-refractivity contribution in [2.75, 3.05) is 46.7 Å². The summed E-state index contributed by atoms with van der Waals surface area (Å²) >= 11 is 0. The van der Waals surface area contributed by atoms with Crippen molar-refractivity contribution in [1.82, 2.24) is 10.6 Å². The number of carbonyl (C=O) groups excluding carboxylic acids is 2. The van der Waals surface area contributed by atoms with Gasteiger partial charge in [-0.15, -0.1) is 0 Å². The molecule has 0 unspecified atom stereocenters. The van der Waals surface area contributed by atoms with E-state index in [4.69, 9.17) is 14.2 Å². The highest BCUT2D eigenvalue weighted by Gasteiger charge is 2.28. The number of rotatable bonds is 13. The fraction of sp³-hybridized carbons (Fsp3) is 0.882. The van der Waals surface area contributed by atoms with E-state index < -0.39 is 5.54 Å². The van der Waals surface area contributed by atoms with Crippen molar-refractivity contribution in [3.8, 4) is 0 Å². The molecule has 2 amide bonds. The molecule has 0 aromatic carbocycles. The van der Waals surface area contributed by atoms with Crippen molar-refractivity contribution in [3.05, 3.63) is 0 Å². The van der Waals surface area contributed by atoms with Crippen LogP contribution in [0.2, 0.25) is 0 Å². The first-order valence-electron chi connectivity index (χ1n) is 8.73. The van der Waals surface area contributed by atoms with Crippen LogP contribution in [0.15, 0.2) is 0 Å². The minimum Gasteiger partial charge on any atom is -0.382 e. The molecule has 0 aromatic heterocycles. The fourth-order valence-electron chi connectivity index (χ4n) is 2.37. The second-order valence-corrected chi connectivity index (χ2v) is 7.24. The van der Waals surface area contributed by atoms with Gasteiger partial charge in [0, 0.05) is 13.7 Å². The fourth-order valence-corrected chi connectivity index (χ4v) is 2.37. The number of nitrogens with one attached hydrogen (secondary N) is 2. The van der Waals surface area contributed by atoms with Gasteiger partial charge in [0.05, 0.1) is 25.4 Å². The van der Waals surface area contributed by atoms with Crippen LogP contribution in [0, 0.1) is 11.8 Å². The Morgan fingerprint density at radius 1 is 1.00 bits per heavy atom. The van der Waals surface area contributed by atoms with Gasteiger partial charge in [0.2, 0.25) is 11.8 Å². The molecule has 0 heterocycles.